The molecule has 1 amide bonds. The van der Waals surface area contributed by atoms with E-state index in [0.29, 0.717) is 11.6 Å². The highest BCUT2D eigenvalue weighted by molar-refractivity contribution is 6.31. The summed E-state index contributed by atoms with van der Waals surface area (Å²) in [6, 6.07) is 7.51. The molecule has 1 aromatic carbocycles. The number of nitrogens with zero attached hydrogens (tertiary/aromatic N) is 3. The van der Waals surface area contributed by atoms with Gasteiger partial charge in [-0.25, -0.2) is 8.78 Å². The van der Waals surface area contributed by atoms with Crippen LogP contribution in [0, 0.1) is 13.8 Å². The molecule has 27 heavy (non-hydrogen) atoms. The van der Waals surface area contributed by atoms with E-state index in [1.807, 2.05) is 42.8 Å². The molecule has 0 bridgehead atoms. The van der Waals surface area contributed by atoms with Crippen molar-refractivity contribution in [2.75, 3.05) is 6.54 Å². The van der Waals surface area contributed by atoms with Crippen LogP contribution < -0.4 is 0 Å². The molecule has 7 heteroatoms. The van der Waals surface area contributed by atoms with Gasteiger partial charge in [0.2, 0.25) is 5.91 Å². The van der Waals surface area contributed by atoms with Crippen LogP contribution in [0.25, 0.3) is 6.08 Å². The maximum absolute atomic E-state index is 12.7. The highest BCUT2D eigenvalue weighted by atomic mass is 35.5. The van der Waals surface area contributed by atoms with Gasteiger partial charge in [0.05, 0.1) is 18.8 Å². The molecule has 1 aliphatic rings. The molecule has 0 spiro atoms. The van der Waals surface area contributed by atoms with Crippen LogP contribution in [0.2, 0.25) is 5.02 Å². The van der Waals surface area contributed by atoms with Crippen molar-refractivity contribution in [2.45, 2.75) is 45.7 Å². The molecule has 2 aromatic rings. The number of alkyl halides is 2. The summed E-state index contributed by atoms with van der Waals surface area (Å²) in [4.78, 5) is 13.6. The molecule has 4 nitrogen and oxygen atoms in total. The van der Waals surface area contributed by atoms with Gasteiger partial charge in [0.1, 0.15) is 0 Å². The standard InChI is InChI=1S/C20H22ClF2N3O/c1-13-17(9-10-20(27)25(12-19(22)23)16-7-8-16)14(2)26(24-13)11-15-5-3-4-6-18(15)21/h3-6,9-10,16,19H,7-8,11-12H2,1-2H3. The van der Waals surface area contributed by atoms with Gasteiger partial charge in [-0.3, -0.25) is 9.48 Å². The molecule has 0 aliphatic heterocycles. The predicted octanol–water partition coefficient (Wildman–Crippen LogP) is 4.47. The summed E-state index contributed by atoms with van der Waals surface area (Å²) in [5.74, 6) is -0.379. The third-order valence-corrected chi connectivity index (χ3v) is 5.08. The lowest BCUT2D eigenvalue weighted by molar-refractivity contribution is -0.128. The Labute approximate surface area is 162 Å². The van der Waals surface area contributed by atoms with Gasteiger partial charge < -0.3 is 4.90 Å². The third-order valence-electron chi connectivity index (χ3n) is 4.71. The molecule has 0 atom stereocenters. The van der Waals surface area contributed by atoms with Crippen molar-refractivity contribution in [1.82, 2.24) is 14.7 Å². The summed E-state index contributed by atoms with van der Waals surface area (Å²) in [7, 11) is 0. The van der Waals surface area contributed by atoms with E-state index in [1.165, 1.54) is 11.0 Å². The van der Waals surface area contributed by atoms with E-state index in [0.717, 1.165) is 35.4 Å². The maximum atomic E-state index is 12.7. The molecule has 0 N–H and O–H groups in total. The van der Waals surface area contributed by atoms with Crippen LogP contribution in [0.5, 0.6) is 0 Å². The summed E-state index contributed by atoms with van der Waals surface area (Å²) < 4.78 is 27.3. The molecular weight excluding hydrogens is 372 g/mol. The first kappa shape index (κ1) is 19.5. The number of benzene rings is 1. The molecule has 1 saturated carbocycles. The first-order valence-corrected chi connectivity index (χ1v) is 9.29. The van der Waals surface area contributed by atoms with Crippen molar-refractivity contribution in [3.8, 4) is 0 Å². The second kappa shape index (κ2) is 8.21. The number of halogens is 3. The van der Waals surface area contributed by atoms with Gasteiger partial charge in [-0.1, -0.05) is 29.8 Å². The fraction of sp³-hybridized carbons (Fsp3) is 0.400. The minimum absolute atomic E-state index is 0.0544. The lowest BCUT2D eigenvalue weighted by Crippen LogP contribution is -2.35. The van der Waals surface area contributed by atoms with Crippen molar-refractivity contribution in [3.63, 3.8) is 0 Å². The van der Waals surface area contributed by atoms with Crippen LogP contribution in [-0.4, -0.2) is 39.6 Å². The van der Waals surface area contributed by atoms with Gasteiger partial charge in [0.15, 0.2) is 0 Å². The minimum atomic E-state index is -2.52. The maximum Gasteiger partial charge on any atom is 0.255 e. The van der Waals surface area contributed by atoms with E-state index < -0.39 is 13.0 Å². The number of aromatic nitrogens is 2. The number of aryl methyl sites for hydroxylation is 1. The molecule has 144 valence electrons. The Balaban J connectivity index is 1.77. The zero-order valence-electron chi connectivity index (χ0n) is 15.3. The molecule has 1 heterocycles. The predicted molar refractivity (Wildman–Crippen MR) is 102 cm³/mol. The smallest absolute Gasteiger partial charge is 0.255 e. The number of amides is 1. The van der Waals surface area contributed by atoms with Crippen LogP contribution >= 0.6 is 11.6 Å². The summed E-state index contributed by atoms with van der Waals surface area (Å²) in [6.45, 7) is 3.78. The van der Waals surface area contributed by atoms with Crippen molar-refractivity contribution < 1.29 is 13.6 Å². The lowest BCUT2D eigenvalue weighted by Gasteiger charge is -2.20. The van der Waals surface area contributed by atoms with Crippen LogP contribution in [0.1, 0.15) is 35.4 Å². The molecule has 0 saturated heterocycles. The highest BCUT2D eigenvalue weighted by Crippen LogP contribution is 2.28. The van der Waals surface area contributed by atoms with Gasteiger partial charge in [0, 0.05) is 28.4 Å². The van der Waals surface area contributed by atoms with Gasteiger partial charge in [0.25, 0.3) is 6.43 Å². The first-order chi connectivity index (χ1) is 12.9. The first-order valence-electron chi connectivity index (χ1n) is 8.91. The molecule has 1 fully saturated rings. The van der Waals surface area contributed by atoms with Crippen molar-refractivity contribution in [3.05, 3.63) is 57.9 Å². The fourth-order valence-corrected chi connectivity index (χ4v) is 3.29. The van der Waals surface area contributed by atoms with E-state index in [9.17, 15) is 13.6 Å². The molecule has 3 rings (SSSR count). The van der Waals surface area contributed by atoms with Gasteiger partial charge >= 0.3 is 0 Å². The largest absolute Gasteiger partial charge is 0.330 e. The number of hydrogen-bond acceptors (Lipinski definition) is 2. The molecule has 0 radical (unpaired) electrons. The molecular formula is C20H22ClF2N3O. The van der Waals surface area contributed by atoms with Gasteiger partial charge in [-0.2, -0.15) is 5.10 Å². The van der Waals surface area contributed by atoms with Crippen LogP contribution in [-0.2, 0) is 11.3 Å². The second-order valence-corrected chi connectivity index (χ2v) is 7.19. The summed E-state index contributed by atoms with van der Waals surface area (Å²) >= 11 is 6.22. The molecule has 1 aliphatic carbocycles. The second-order valence-electron chi connectivity index (χ2n) is 6.78. The minimum Gasteiger partial charge on any atom is -0.330 e. The van der Waals surface area contributed by atoms with Crippen molar-refractivity contribution >= 4 is 23.6 Å². The fourth-order valence-electron chi connectivity index (χ4n) is 3.10. The van der Waals surface area contributed by atoms with Crippen molar-refractivity contribution in [2.24, 2.45) is 0 Å². The number of rotatable bonds is 7. The summed E-state index contributed by atoms with van der Waals surface area (Å²) in [5, 5.41) is 5.20. The van der Waals surface area contributed by atoms with E-state index in [4.69, 9.17) is 11.6 Å². The van der Waals surface area contributed by atoms with E-state index in [2.05, 4.69) is 5.10 Å². The summed E-state index contributed by atoms with van der Waals surface area (Å²) in [5.41, 5.74) is 3.44. The normalized spacial score (nSPS) is 14.3. The Morgan fingerprint density at radius 2 is 2.07 bits per heavy atom. The van der Waals surface area contributed by atoms with Gasteiger partial charge in [-0.05, 0) is 44.4 Å². The zero-order chi connectivity index (χ0) is 19.6. The van der Waals surface area contributed by atoms with Gasteiger partial charge in [-0.15, -0.1) is 0 Å². The topological polar surface area (TPSA) is 38.1 Å². The highest BCUT2D eigenvalue weighted by Gasteiger charge is 2.33. The molecule has 0 unspecified atom stereocenters. The Kier molecular flexibility index (Phi) is 5.95. The zero-order valence-corrected chi connectivity index (χ0v) is 16.1. The average Bonchev–Trinajstić information content (AvgIpc) is 3.41. The van der Waals surface area contributed by atoms with Crippen LogP contribution in [0.4, 0.5) is 8.78 Å². The van der Waals surface area contributed by atoms with Crippen LogP contribution in [0.15, 0.2) is 30.3 Å². The Morgan fingerprint density at radius 1 is 1.37 bits per heavy atom. The summed E-state index contributed by atoms with van der Waals surface area (Å²) in [6.07, 6.45) is 2.10. The third kappa shape index (κ3) is 4.75. The Bertz CT molecular complexity index is 859. The molecule has 1 aromatic heterocycles. The quantitative estimate of drug-likeness (QED) is 0.651. The monoisotopic (exact) mass is 393 g/mol. The number of hydrogen-bond donors (Lipinski definition) is 0. The average molecular weight is 394 g/mol. The van der Waals surface area contributed by atoms with E-state index in [1.54, 1.807) is 6.08 Å². The lowest BCUT2D eigenvalue weighted by atomic mass is 10.1. The van der Waals surface area contributed by atoms with Crippen LogP contribution in [0.3, 0.4) is 0 Å². The van der Waals surface area contributed by atoms with E-state index >= 15 is 0 Å². The van der Waals surface area contributed by atoms with Crippen molar-refractivity contribution in [1.29, 1.82) is 0 Å². The SMILES string of the molecule is Cc1nn(Cc2ccccc2Cl)c(C)c1C=CC(=O)N(CC(F)F)C1CC1. The Morgan fingerprint density at radius 3 is 2.70 bits per heavy atom. The Hall–Kier alpha value is -2.21. The number of carbonyl (C=O) groups is 1. The van der Waals surface area contributed by atoms with E-state index in [-0.39, 0.29) is 11.9 Å². The number of carbonyl (C=O) groups excluding carboxylic acids is 1.